The molecule has 0 radical (unpaired) electrons. The number of para-hydroxylation sites is 2. The number of rotatable bonds is 5. The van der Waals surface area contributed by atoms with Gasteiger partial charge in [0.1, 0.15) is 0 Å². The summed E-state index contributed by atoms with van der Waals surface area (Å²) in [4.78, 5) is 12.2. The van der Waals surface area contributed by atoms with E-state index in [1.807, 2.05) is 6.07 Å². The van der Waals surface area contributed by atoms with E-state index < -0.39 is 0 Å². The van der Waals surface area contributed by atoms with Gasteiger partial charge in [0.05, 0.1) is 14.2 Å². The molecule has 0 amide bonds. The highest BCUT2D eigenvalue weighted by atomic mass is 16.5. The second-order valence-electron chi connectivity index (χ2n) is 4.93. The summed E-state index contributed by atoms with van der Waals surface area (Å²) in [6.07, 6.45) is 1.44. The van der Waals surface area contributed by atoms with Crippen molar-refractivity contribution in [3.8, 4) is 40.4 Å². The molecule has 2 heterocycles. The normalized spacial score (nSPS) is 10.3. The Bertz CT molecular complexity index is 902. The molecule has 0 bridgehead atoms. The molecule has 0 saturated heterocycles. The maximum atomic E-state index is 9.51. The number of hydrogen-bond acceptors (Lipinski definition) is 8. The summed E-state index contributed by atoms with van der Waals surface area (Å²) in [7, 11) is 2.99. The molecule has 0 unspecified atom stereocenters. The van der Waals surface area contributed by atoms with E-state index in [2.05, 4.69) is 15.0 Å². The highest BCUT2D eigenvalue weighted by Gasteiger charge is 2.18. The predicted molar refractivity (Wildman–Crippen MR) is 91.0 cm³/mol. The molecule has 3 aromatic rings. The number of nitrogen functional groups attached to an aromatic ring is 1. The Morgan fingerprint density at radius 1 is 1.00 bits per heavy atom. The molecule has 3 rings (SSSR count). The average Bonchev–Trinajstić information content (AvgIpc) is 2.63. The Morgan fingerprint density at radius 2 is 1.76 bits per heavy atom. The molecule has 8 heteroatoms. The van der Waals surface area contributed by atoms with Crippen molar-refractivity contribution >= 4 is 5.82 Å². The van der Waals surface area contributed by atoms with Crippen LogP contribution in [0.1, 0.15) is 0 Å². The van der Waals surface area contributed by atoms with Gasteiger partial charge in [0.25, 0.3) is 5.88 Å². The molecule has 0 saturated carbocycles. The van der Waals surface area contributed by atoms with Crippen molar-refractivity contribution in [3.63, 3.8) is 0 Å². The first-order valence-electron chi connectivity index (χ1n) is 7.30. The molecule has 128 valence electrons. The van der Waals surface area contributed by atoms with E-state index in [4.69, 9.17) is 19.9 Å². The quantitative estimate of drug-likeness (QED) is 0.729. The van der Waals surface area contributed by atoms with E-state index >= 15 is 0 Å². The van der Waals surface area contributed by atoms with Gasteiger partial charge in [-0.1, -0.05) is 12.1 Å². The van der Waals surface area contributed by atoms with Crippen molar-refractivity contribution in [1.29, 1.82) is 0 Å². The van der Waals surface area contributed by atoms with Crippen LogP contribution >= 0.6 is 0 Å². The third kappa shape index (κ3) is 3.37. The van der Waals surface area contributed by atoms with Gasteiger partial charge in [-0.15, -0.1) is 0 Å². The Labute approximate surface area is 143 Å². The molecule has 0 fully saturated rings. The van der Waals surface area contributed by atoms with Crippen LogP contribution in [0.4, 0.5) is 5.82 Å². The van der Waals surface area contributed by atoms with Crippen molar-refractivity contribution in [2.75, 3.05) is 20.0 Å². The van der Waals surface area contributed by atoms with E-state index in [1.54, 1.807) is 24.3 Å². The summed E-state index contributed by atoms with van der Waals surface area (Å²) < 4.78 is 16.4. The lowest BCUT2D eigenvalue weighted by molar-refractivity contribution is 0.348. The van der Waals surface area contributed by atoms with Crippen molar-refractivity contribution in [3.05, 3.63) is 42.6 Å². The maximum absolute atomic E-state index is 9.51. The molecule has 8 nitrogen and oxygen atoms in total. The standard InChI is InChI=1S/C17H16N4O4/c1-23-11-5-3-4-6-12(11)25-14-15(18)20-16(21-17(14)24-2)10-7-8-19-13(22)9-10/h3-9H,1-2H3,(H,19,22)(H2,18,20,21). The highest BCUT2D eigenvalue weighted by molar-refractivity contribution is 5.64. The predicted octanol–water partition coefficient (Wildman–Crippen LogP) is 2.64. The van der Waals surface area contributed by atoms with Gasteiger partial charge in [-0.3, -0.25) is 0 Å². The van der Waals surface area contributed by atoms with Crippen LogP contribution in [0.25, 0.3) is 11.4 Å². The zero-order valence-electron chi connectivity index (χ0n) is 13.6. The van der Waals surface area contributed by atoms with Crippen LogP contribution < -0.4 is 19.9 Å². The second kappa shape index (κ2) is 6.91. The molecular formula is C17H16N4O4. The summed E-state index contributed by atoms with van der Waals surface area (Å²) in [6, 6.07) is 10.2. The van der Waals surface area contributed by atoms with E-state index in [-0.39, 0.29) is 29.2 Å². The first kappa shape index (κ1) is 16.3. The minimum atomic E-state index is -0.145. The average molecular weight is 340 g/mol. The lowest BCUT2D eigenvalue weighted by atomic mass is 10.2. The molecule has 0 aliphatic carbocycles. The molecular weight excluding hydrogens is 324 g/mol. The van der Waals surface area contributed by atoms with Crippen molar-refractivity contribution < 1.29 is 19.3 Å². The maximum Gasteiger partial charge on any atom is 0.263 e. The fourth-order valence-corrected chi connectivity index (χ4v) is 2.18. The van der Waals surface area contributed by atoms with Gasteiger partial charge in [-0.05, 0) is 18.2 Å². The molecule has 0 aliphatic rings. The van der Waals surface area contributed by atoms with E-state index in [0.717, 1.165) is 0 Å². The molecule has 2 aromatic heterocycles. The number of pyridine rings is 1. The van der Waals surface area contributed by atoms with E-state index in [9.17, 15) is 5.11 Å². The van der Waals surface area contributed by atoms with E-state index in [1.165, 1.54) is 26.5 Å². The van der Waals surface area contributed by atoms with Gasteiger partial charge < -0.3 is 25.1 Å². The highest BCUT2D eigenvalue weighted by Crippen LogP contribution is 2.39. The number of nitrogens with zero attached hydrogens (tertiary/aromatic N) is 3. The van der Waals surface area contributed by atoms with Crippen LogP contribution in [0.15, 0.2) is 42.6 Å². The minimum absolute atomic E-state index is 0.0871. The molecule has 3 N–H and O–H groups in total. The monoisotopic (exact) mass is 340 g/mol. The SMILES string of the molecule is COc1ccccc1Oc1c(N)nc(-c2ccnc(O)c2)nc1OC. The van der Waals surface area contributed by atoms with Gasteiger partial charge >= 0.3 is 0 Å². The van der Waals surface area contributed by atoms with Crippen LogP contribution in [0.2, 0.25) is 0 Å². The summed E-state index contributed by atoms with van der Waals surface area (Å²) in [5.74, 6) is 1.54. The first-order chi connectivity index (χ1) is 12.1. The lowest BCUT2D eigenvalue weighted by Crippen LogP contribution is -2.04. The molecule has 25 heavy (non-hydrogen) atoms. The smallest absolute Gasteiger partial charge is 0.263 e. The number of ether oxygens (including phenoxy) is 3. The Balaban J connectivity index is 2.03. The fraction of sp³-hybridized carbons (Fsp3) is 0.118. The lowest BCUT2D eigenvalue weighted by Gasteiger charge is -2.14. The number of aromatic hydroxyl groups is 1. The fourth-order valence-electron chi connectivity index (χ4n) is 2.18. The number of anilines is 1. The van der Waals surface area contributed by atoms with Crippen LogP contribution in [0, 0.1) is 0 Å². The number of benzene rings is 1. The largest absolute Gasteiger partial charge is 0.493 e. The zero-order valence-corrected chi connectivity index (χ0v) is 13.6. The Kier molecular flexibility index (Phi) is 4.51. The minimum Gasteiger partial charge on any atom is -0.493 e. The molecule has 0 spiro atoms. The second-order valence-corrected chi connectivity index (χ2v) is 4.93. The van der Waals surface area contributed by atoms with Gasteiger partial charge in [0.2, 0.25) is 11.6 Å². The summed E-state index contributed by atoms with van der Waals surface area (Å²) in [6.45, 7) is 0. The van der Waals surface area contributed by atoms with Gasteiger partial charge in [-0.2, -0.15) is 4.98 Å². The van der Waals surface area contributed by atoms with Crippen LogP contribution in [0.3, 0.4) is 0 Å². The number of aromatic nitrogens is 3. The Hall–Kier alpha value is -3.55. The van der Waals surface area contributed by atoms with Crippen LogP contribution in [-0.2, 0) is 0 Å². The van der Waals surface area contributed by atoms with Crippen molar-refractivity contribution in [2.45, 2.75) is 0 Å². The summed E-state index contributed by atoms with van der Waals surface area (Å²) >= 11 is 0. The first-order valence-corrected chi connectivity index (χ1v) is 7.30. The summed E-state index contributed by atoms with van der Waals surface area (Å²) in [5, 5.41) is 9.51. The van der Waals surface area contributed by atoms with Crippen LogP contribution in [0.5, 0.6) is 29.0 Å². The number of hydrogen-bond donors (Lipinski definition) is 2. The van der Waals surface area contributed by atoms with Gasteiger partial charge in [-0.25, -0.2) is 9.97 Å². The van der Waals surface area contributed by atoms with Gasteiger partial charge in [0.15, 0.2) is 23.1 Å². The number of methoxy groups -OCH3 is 2. The Morgan fingerprint density at radius 3 is 2.44 bits per heavy atom. The topological polar surface area (TPSA) is 113 Å². The van der Waals surface area contributed by atoms with E-state index in [0.29, 0.717) is 17.1 Å². The zero-order chi connectivity index (χ0) is 17.8. The molecule has 1 aromatic carbocycles. The van der Waals surface area contributed by atoms with Crippen molar-refractivity contribution in [2.24, 2.45) is 0 Å². The summed E-state index contributed by atoms with van der Waals surface area (Å²) in [5.41, 5.74) is 6.58. The van der Waals surface area contributed by atoms with Gasteiger partial charge in [0, 0.05) is 17.8 Å². The van der Waals surface area contributed by atoms with Crippen molar-refractivity contribution in [1.82, 2.24) is 15.0 Å². The molecule has 0 atom stereocenters. The third-order valence-corrected chi connectivity index (χ3v) is 3.34. The third-order valence-electron chi connectivity index (χ3n) is 3.34. The number of nitrogens with two attached hydrogens (primary N) is 1. The van der Waals surface area contributed by atoms with Crippen LogP contribution in [-0.4, -0.2) is 34.3 Å². The molecule has 0 aliphatic heterocycles.